The van der Waals surface area contributed by atoms with Crippen LogP contribution in [0.2, 0.25) is 0 Å². The van der Waals surface area contributed by atoms with Gasteiger partial charge in [0.05, 0.1) is 0 Å². The molecule has 0 atom stereocenters. The van der Waals surface area contributed by atoms with Gasteiger partial charge < -0.3 is 5.32 Å². The predicted molar refractivity (Wildman–Crippen MR) is 122 cm³/mol. The molecule has 3 nitrogen and oxygen atoms in total. The van der Waals surface area contributed by atoms with E-state index in [0.717, 1.165) is 23.2 Å². The lowest BCUT2D eigenvalue weighted by Crippen LogP contribution is -2.33. The van der Waals surface area contributed by atoms with Gasteiger partial charge in [-0.1, -0.05) is 45.0 Å². The fourth-order valence-electron chi connectivity index (χ4n) is 2.45. The Hall–Kier alpha value is -1.73. The average Bonchev–Trinajstić information content (AvgIpc) is 2.61. The number of carbonyl (C=O) groups is 1. The van der Waals surface area contributed by atoms with Crippen molar-refractivity contribution in [2.24, 2.45) is 0 Å². The first-order valence-electron chi connectivity index (χ1n) is 8.57. The molecule has 2 aromatic rings. The molecular formula is C21H23IN2OS. The van der Waals surface area contributed by atoms with Crippen molar-refractivity contribution in [3.63, 3.8) is 0 Å². The number of anilines is 1. The first-order chi connectivity index (χ1) is 12.4. The fraction of sp³-hybridized carbons (Fsp3) is 0.238. The van der Waals surface area contributed by atoms with E-state index in [0.29, 0.717) is 11.0 Å². The van der Waals surface area contributed by atoms with Crippen molar-refractivity contribution < 1.29 is 4.79 Å². The molecule has 1 amide bonds. The van der Waals surface area contributed by atoms with Crippen LogP contribution in [0.4, 0.5) is 5.69 Å². The summed E-state index contributed by atoms with van der Waals surface area (Å²) in [5, 5.41) is 6.08. The lowest BCUT2D eigenvalue weighted by atomic mass is 10.0. The number of benzene rings is 2. The van der Waals surface area contributed by atoms with Crippen LogP contribution < -0.4 is 10.6 Å². The van der Waals surface area contributed by atoms with Crippen molar-refractivity contribution in [2.45, 2.75) is 33.1 Å². The quantitative estimate of drug-likeness (QED) is 0.339. The third-order valence-corrected chi connectivity index (χ3v) is 4.84. The molecule has 5 heteroatoms. The summed E-state index contributed by atoms with van der Waals surface area (Å²) < 4.78 is 1.17. The average molecular weight is 478 g/mol. The standard InChI is InChI=1S/C21H23IN2OS/c1-4-16-13-18(22)10-11-19(16)23-21(26)24-20(25)12-7-15-5-8-17(9-6-15)14(2)3/h5-14H,4H2,1-3H3,(H2,23,24,25,26)/b12-7+. The zero-order chi connectivity index (χ0) is 19.1. The summed E-state index contributed by atoms with van der Waals surface area (Å²) >= 11 is 7.53. The fourth-order valence-corrected chi connectivity index (χ4v) is 3.21. The van der Waals surface area contributed by atoms with Crippen molar-refractivity contribution in [3.8, 4) is 0 Å². The van der Waals surface area contributed by atoms with Crippen molar-refractivity contribution >= 4 is 57.6 Å². The molecule has 0 aromatic heterocycles. The highest BCUT2D eigenvalue weighted by atomic mass is 127. The molecule has 0 unspecified atom stereocenters. The normalized spacial score (nSPS) is 11.0. The SMILES string of the molecule is CCc1cc(I)ccc1NC(=S)NC(=O)/C=C/c1ccc(C(C)C)cc1. The Balaban J connectivity index is 1.93. The van der Waals surface area contributed by atoms with Gasteiger partial charge in [0.2, 0.25) is 5.91 Å². The molecule has 0 saturated carbocycles. The van der Waals surface area contributed by atoms with Crippen LogP contribution in [0.5, 0.6) is 0 Å². The van der Waals surface area contributed by atoms with E-state index in [9.17, 15) is 4.79 Å². The molecule has 2 rings (SSSR count). The zero-order valence-corrected chi connectivity index (χ0v) is 18.1. The second-order valence-corrected chi connectivity index (χ2v) is 7.91. The van der Waals surface area contributed by atoms with Gasteiger partial charge in [0.15, 0.2) is 5.11 Å². The predicted octanol–water partition coefficient (Wildman–Crippen LogP) is 5.50. The van der Waals surface area contributed by atoms with Gasteiger partial charge in [-0.05, 0) is 88.1 Å². The van der Waals surface area contributed by atoms with Gasteiger partial charge in [-0.25, -0.2) is 0 Å². The summed E-state index contributed by atoms with van der Waals surface area (Å²) in [6.07, 6.45) is 4.17. The van der Waals surface area contributed by atoms with Crippen LogP contribution in [0.15, 0.2) is 48.5 Å². The van der Waals surface area contributed by atoms with Crippen LogP contribution in [0.25, 0.3) is 6.08 Å². The molecule has 2 N–H and O–H groups in total. The van der Waals surface area contributed by atoms with Crippen LogP contribution in [-0.4, -0.2) is 11.0 Å². The van der Waals surface area contributed by atoms with Gasteiger partial charge in [0, 0.05) is 15.3 Å². The van der Waals surface area contributed by atoms with Gasteiger partial charge >= 0.3 is 0 Å². The minimum atomic E-state index is -0.251. The maximum atomic E-state index is 12.1. The molecule has 0 aliphatic heterocycles. The smallest absolute Gasteiger partial charge is 0.250 e. The Morgan fingerprint density at radius 2 is 1.88 bits per heavy atom. The third kappa shape index (κ3) is 6.21. The lowest BCUT2D eigenvalue weighted by Gasteiger charge is -2.12. The molecule has 0 aliphatic rings. The van der Waals surface area contributed by atoms with Crippen LogP contribution in [0.1, 0.15) is 43.4 Å². The number of nitrogens with one attached hydrogen (secondary N) is 2. The second-order valence-electron chi connectivity index (χ2n) is 6.25. The van der Waals surface area contributed by atoms with Crippen LogP contribution >= 0.6 is 34.8 Å². The summed E-state index contributed by atoms with van der Waals surface area (Å²) in [5.41, 5.74) is 4.34. The molecule has 26 heavy (non-hydrogen) atoms. The number of rotatable bonds is 5. The molecule has 136 valence electrons. The monoisotopic (exact) mass is 478 g/mol. The first kappa shape index (κ1) is 20.6. The van der Waals surface area contributed by atoms with E-state index in [1.54, 1.807) is 6.08 Å². The van der Waals surface area contributed by atoms with E-state index in [1.807, 2.05) is 24.3 Å². The Labute approximate surface area is 174 Å². The van der Waals surface area contributed by atoms with Gasteiger partial charge in [-0.3, -0.25) is 10.1 Å². The number of halogens is 1. The molecule has 0 radical (unpaired) electrons. The minimum Gasteiger partial charge on any atom is -0.332 e. The number of aryl methyl sites for hydroxylation is 1. The Morgan fingerprint density at radius 1 is 1.19 bits per heavy atom. The highest BCUT2D eigenvalue weighted by Gasteiger charge is 2.06. The van der Waals surface area contributed by atoms with Crippen molar-refractivity contribution in [1.82, 2.24) is 5.32 Å². The van der Waals surface area contributed by atoms with E-state index < -0.39 is 0 Å². The topological polar surface area (TPSA) is 41.1 Å². The summed E-state index contributed by atoms with van der Waals surface area (Å²) in [7, 11) is 0. The largest absolute Gasteiger partial charge is 0.332 e. The molecule has 0 fully saturated rings. The van der Waals surface area contributed by atoms with E-state index in [1.165, 1.54) is 15.2 Å². The minimum absolute atomic E-state index is 0.251. The Morgan fingerprint density at radius 3 is 2.50 bits per heavy atom. The van der Waals surface area contributed by atoms with E-state index in [4.69, 9.17) is 12.2 Å². The molecule has 0 heterocycles. The van der Waals surface area contributed by atoms with Gasteiger partial charge in [-0.2, -0.15) is 0 Å². The van der Waals surface area contributed by atoms with E-state index >= 15 is 0 Å². The van der Waals surface area contributed by atoms with Crippen LogP contribution in [0, 0.1) is 3.57 Å². The Bertz CT molecular complexity index is 813. The number of amides is 1. The van der Waals surface area contributed by atoms with Gasteiger partial charge in [-0.15, -0.1) is 0 Å². The van der Waals surface area contributed by atoms with Crippen LogP contribution in [-0.2, 0) is 11.2 Å². The first-order valence-corrected chi connectivity index (χ1v) is 10.1. The molecular weight excluding hydrogens is 455 g/mol. The van der Waals surface area contributed by atoms with Gasteiger partial charge in [0.25, 0.3) is 0 Å². The van der Waals surface area contributed by atoms with E-state index in [-0.39, 0.29) is 5.91 Å². The lowest BCUT2D eigenvalue weighted by molar-refractivity contribution is -0.115. The number of hydrogen-bond donors (Lipinski definition) is 2. The summed E-state index contributed by atoms with van der Waals surface area (Å²) in [5.74, 6) is 0.244. The van der Waals surface area contributed by atoms with Gasteiger partial charge in [0.1, 0.15) is 0 Å². The van der Waals surface area contributed by atoms with Crippen LogP contribution in [0.3, 0.4) is 0 Å². The summed E-state index contributed by atoms with van der Waals surface area (Å²) in [6, 6.07) is 14.3. The maximum absolute atomic E-state index is 12.1. The third-order valence-electron chi connectivity index (χ3n) is 3.96. The molecule has 0 saturated heterocycles. The zero-order valence-electron chi connectivity index (χ0n) is 15.2. The number of thiocarbonyl (C=S) groups is 1. The number of hydrogen-bond acceptors (Lipinski definition) is 2. The van der Waals surface area contributed by atoms with Crippen molar-refractivity contribution in [3.05, 3.63) is 68.8 Å². The molecule has 2 aromatic carbocycles. The number of carbonyl (C=O) groups excluding carboxylic acids is 1. The van der Waals surface area contributed by atoms with E-state index in [2.05, 4.69) is 72.2 Å². The second kappa shape index (κ2) is 9.83. The van der Waals surface area contributed by atoms with Crippen molar-refractivity contribution in [1.29, 1.82) is 0 Å². The molecule has 0 bridgehead atoms. The molecule has 0 spiro atoms. The summed E-state index contributed by atoms with van der Waals surface area (Å²) in [4.78, 5) is 12.1. The summed E-state index contributed by atoms with van der Waals surface area (Å²) in [6.45, 7) is 6.40. The highest BCUT2D eigenvalue weighted by Crippen LogP contribution is 2.19. The Kier molecular flexibility index (Phi) is 7.78. The molecule has 0 aliphatic carbocycles. The highest BCUT2D eigenvalue weighted by molar-refractivity contribution is 14.1. The maximum Gasteiger partial charge on any atom is 0.250 e. The van der Waals surface area contributed by atoms with Crippen molar-refractivity contribution in [2.75, 3.05) is 5.32 Å².